The summed E-state index contributed by atoms with van der Waals surface area (Å²) in [7, 11) is 0. The molecule has 6 heteroatoms. The van der Waals surface area contributed by atoms with Crippen LogP contribution in [0.25, 0.3) is 0 Å². The molecule has 0 amide bonds. The van der Waals surface area contributed by atoms with E-state index in [2.05, 4.69) is 0 Å². The number of fused-ring (bicyclic) bond motifs is 1. The minimum Gasteiger partial charge on any atom is -0.492 e. The molecule has 0 aromatic heterocycles. The Morgan fingerprint density at radius 1 is 1.29 bits per heavy atom. The zero-order chi connectivity index (χ0) is 17.1. The summed E-state index contributed by atoms with van der Waals surface area (Å²) in [5.74, 6) is -1.74. The van der Waals surface area contributed by atoms with Gasteiger partial charge in [-0.2, -0.15) is 0 Å². The van der Waals surface area contributed by atoms with Crippen molar-refractivity contribution in [1.82, 2.24) is 0 Å². The molecular formula is C18H16F2O3S. The highest BCUT2D eigenvalue weighted by Gasteiger charge is 2.21. The number of rotatable bonds is 5. The molecule has 0 N–H and O–H groups in total. The maximum absolute atomic E-state index is 14.2. The Bertz CT molecular complexity index is 777. The molecule has 1 heterocycles. The first-order chi connectivity index (χ1) is 11.6. The number of ether oxygens (including phenoxy) is 2. The van der Waals surface area contributed by atoms with E-state index in [0.29, 0.717) is 6.61 Å². The molecule has 0 atom stereocenters. The van der Waals surface area contributed by atoms with Gasteiger partial charge in [0.1, 0.15) is 5.75 Å². The van der Waals surface area contributed by atoms with Crippen LogP contribution in [0.4, 0.5) is 8.78 Å². The molecule has 2 aromatic rings. The zero-order valence-corrected chi connectivity index (χ0v) is 13.9. The first kappa shape index (κ1) is 16.8. The van der Waals surface area contributed by atoms with Gasteiger partial charge in [-0.1, -0.05) is 12.1 Å². The summed E-state index contributed by atoms with van der Waals surface area (Å²) in [6, 6.07) is 7.97. The standard InChI is InChI=1S/C18H16F2O3S/c1-2-22-18(21)12-6-7-14(19)16(20)13(12)10-24-15-5-3-4-11-8-9-23-17(11)15/h3-7H,2,8-10H2,1H3. The van der Waals surface area contributed by atoms with Gasteiger partial charge in [0.2, 0.25) is 0 Å². The lowest BCUT2D eigenvalue weighted by molar-refractivity contribution is 0.0524. The third-order valence-electron chi connectivity index (χ3n) is 3.74. The monoisotopic (exact) mass is 350 g/mol. The number of carbonyl (C=O) groups is 1. The number of hydrogen-bond acceptors (Lipinski definition) is 4. The zero-order valence-electron chi connectivity index (χ0n) is 13.1. The maximum atomic E-state index is 14.2. The Labute approximate surface area is 143 Å². The van der Waals surface area contributed by atoms with Crippen LogP contribution in [0.5, 0.6) is 5.75 Å². The van der Waals surface area contributed by atoms with Crippen LogP contribution in [0.15, 0.2) is 35.2 Å². The fourth-order valence-electron chi connectivity index (χ4n) is 2.58. The second-order valence-electron chi connectivity index (χ2n) is 5.24. The van der Waals surface area contributed by atoms with Crippen LogP contribution in [0.3, 0.4) is 0 Å². The molecule has 0 spiro atoms. The van der Waals surface area contributed by atoms with Crippen molar-refractivity contribution in [1.29, 1.82) is 0 Å². The maximum Gasteiger partial charge on any atom is 0.338 e. The van der Waals surface area contributed by atoms with E-state index in [1.807, 2.05) is 18.2 Å². The fourth-order valence-corrected chi connectivity index (χ4v) is 3.66. The average molecular weight is 350 g/mol. The molecule has 0 saturated heterocycles. The molecule has 3 nitrogen and oxygen atoms in total. The molecule has 126 valence electrons. The second kappa shape index (κ2) is 7.21. The minimum atomic E-state index is -1.01. The summed E-state index contributed by atoms with van der Waals surface area (Å²) in [5.41, 5.74) is 1.16. The molecule has 0 bridgehead atoms. The lowest BCUT2D eigenvalue weighted by atomic mass is 10.1. The lowest BCUT2D eigenvalue weighted by Crippen LogP contribution is -2.10. The summed E-state index contributed by atoms with van der Waals surface area (Å²) in [5, 5.41) is 0. The number of benzene rings is 2. The predicted molar refractivity (Wildman–Crippen MR) is 87.5 cm³/mol. The summed E-state index contributed by atoms with van der Waals surface area (Å²) in [6.07, 6.45) is 0.839. The highest BCUT2D eigenvalue weighted by Crippen LogP contribution is 2.38. The van der Waals surface area contributed by atoms with Crippen molar-refractivity contribution in [2.24, 2.45) is 0 Å². The molecule has 24 heavy (non-hydrogen) atoms. The SMILES string of the molecule is CCOC(=O)c1ccc(F)c(F)c1CSc1cccc2c1OCC2. The predicted octanol–water partition coefficient (Wildman–Crippen LogP) is 4.37. The van der Waals surface area contributed by atoms with Crippen molar-refractivity contribution < 1.29 is 23.0 Å². The highest BCUT2D eigenvalue weighted by atomic mass is 32.2. The third-order valence-corrected chi connectivity index (χ3v) is 4.81. The first-order valence-corrected chi connectivity index (χ1v) is 8.61. The number of hydrogen-bond donors (Lipinski definition) is 0. The van der Waals surface area contributed by atoms with Crippen LogP contribution in [-0.2, 0) is 16.9 Å². The van der Waals surface area contributed by atoms with Gasteiger partial charge in [-0.25, -0.2) is 13.6 Å². The fraction of sp³-hybridized carbons (Fsp3) is 0.278. The van der Waals surface area contributed by atoms with Crippen molar-refractivity contribution in [3.8, 4) is 5.75 Å². The van der Waals surface area contributed by atoms with Gasteiger partial charge in [-0.05, 0) is 30.7 Å². The number of halogens is 2. The van der Waals surface area contributed by atoms with Gasteiger partial charge in [0.25, 0.3) is 0 Å². The van der Waals surface area contributed by atoms with Gasteiger partial charge in [0.05, 0.1) is 18.8 Å². The molecule has 0 aliphatic carbocycles. The van der Waals surface area contributed by atoms with Crippen molar-refractivity contribution in [3.63, 3.8) is 0 Å². The van der Waals surface area contributed by atoms with E-state index < -0.39 is 17.6 Å². The molecule has 2 aromatic carbocycles. The Morgan fingerprint density at radius 2 is 2.12 bits per heavy atom. The van der Waals surface area contributed by atoms with E-state index in [1.54, 1.807) is 6.92 Å². The van der Waals surface area contributed by atoms with Crippen molar-refractivity contribution in [2.45, 2.75) is 24.0 Å². The van der Waals surface area contributed by atoms with E-state index >= 15 is 0 Å². The number of thioether (sulfide) groups is 1. The van der Waals surface area contributed by atoms with Gasteiger partial charge >= 0.3 is 5.97 Å². The Hall–Kier alpha value is -2.08. The normalized spacial score (nSPS) is 12.6. The molecule has 0 radical (unpaired) electrons. The average Bonchev–Trinajstić information content (AvgIpc) is 3.05. The van der Waals surface area contributed by atoms with Gasteiger partial charge in [0, 0.05) is 22.6 Å². The topological polar surface area (TPSA) is 35.5 Å². The molecule has 0 fully saturated rings. The van der Waals surface area contributed by atoms with Gasteiger partial charge in [0.15, 0.2) is 11.6 Å². The van der Waals surface area contributed by atoms with E-state index in [4.69, 9.17) is 9.47 Å². The van der Waals surface area contributed by atoms with Gasteiger partial charge < -0.3 is 9.47 Å². The molecular weight excluding hydrogens is 334 g/mol. The van der Waals surface area contributed by atoms with Crippen LogP contribution >= 0.6 is 11.8 Å². The summed E-state index contributed by atoms with van der Waals surface area (Å²) >= 11 is 1.31. The van der Waals surface area contributed by atoms with E-state index in [0.717, 1.165) is 28.7 Å². The van der Waals surface area contributed by atoms with E-state index in [1.165, 1.54) is 17.8 Å². The van der Waals surface area contributed by atoms with E-state index in [9.17, 15) is 13.6 Å². The van der Waals surface area contributed by atoms with Gasteiger partial charge in [-0.15, -0.1) is 11.8 Å². The Kier molecular flexibility index (Phi) is 5.04. The molecule has 3 rings (SSSR count). The highest BCUT2D eigenvalue weighted by molar-refractivity contribution is 7.98. The first-order valence-electron chi connectivity index (χ1n) is 7.63. The van der Waals surface area contributed by atoms with Crippen molar-refractivity contribution in [2.75, 3.05) is 13.2 Å². The summed E-state index contributed by atoms with van der Waals surface area (Å²) in [6.45, 7) is 2.45. The third kappa shape index (κ3) is 3.24. The Morgan fingerprint density at radius 3 is 2.92 bits per heavy atom. The van der Waals surface area contributed by atoms with Crippen LogP contribution < -0.4 is 4.74 Å². The molecule has 1 aliphatic heterocycles. The lowest BCUT2D eigenvalue weighted by Gasteiger charge is -2.12. The molecule has 0 saturated carbocycles. The second-order valence-corrected chi connectivity index (χ2v) is 6.26. The molecule has 1 aliphatic rings. The summed E-state index contributed by atoms with van der Waals surface area (Å²) in [4.78, 5) is 12.8. The van der Waals surface area contributed by atoms with Crippen LogP contribution in [-0.4, -0.2) is 19.2 Å². The number of carbonyl (C=O) groups excluding carboxylic acids is 1. The molecule has 0 unspecified atom stereocenters. The Balaban J connectivity index is 1.88. The van der Waals surface area contributed by atoms with Crippen molar-refractivity contribution >= 4 is 17.7 Å². The minimum absolute atomic E-state index is 0.00838. The van der Waals surface area contributed by atoms with Crippen LogP contribution in [0, 0.1) is 11.6 Å². The quantitative estimate of drug-likeness (QED) is 0.593. The van der Waals surface area contributed by atoms with Gasteiger partial charge in [-0.3, -0.25) is 0 Å². The van der Waals surface area contributed by atoms with Crippen LogP contribution in [0.1, 0.15) is 28.4 Å². The largest absolute Gasteiger partial charge is 0.492 e. The van der Waals surface area contributed by atoms with Crippen LogP contribution in [0.2, 0.25) is 0 Å². The van der Waals surface area contributed by atoms with E-state index in [-0.39, 0.29) is 23.5 Å². The number of para-hydroxylation sites is 1. The smallest absolute Gasteiger partial charge is 0.338 e. The number of esters is 1. The summed E-state index contributed by atoms with van der Waals surface area (Å²) < 4.78 is 38.3. The van der Waals surface area contributed by atoms with Crippen molar-refractivity contribution in [3.05, 3.63) is 58.7 Å².